The molecule has 0 aliphatic carbocycles. The number of ether oxygens (including phenoxy) is 1. The highest BCUT2D eigenvalue weighted by Crippen LogP contribution is 2.28. The Morgan fingerprint density at radius 2 is 1.29 bits per heavy atom. The molecule has 5 amide bonds. The molecule has 0 fully saturated rings. The highest BCUT2D eigenvalue weighted by molar-refractivity contribution is 6.10. The molecule has 4 aromatic rings. The number of benzene rings is 4. The Morgan fingerprint density at radius 1 is 0.673 bits per heavy atom. The molecule has 0 saturated carbocycles. The number of amides is 5. The molecule has 0 aromatic heterocycles. The van der Waals surface area contributed by atoms with Crippen molar-refractivity contribution in [2.45, 2.75) is 19.9 Å². The molecule has 0 spiro atoms. The van der Waals surface area contributed by atoms with Crippen molar-refractivity contribution >= 4 is 46.5 Å². The quantitative estimate of drug-likeness (QED) is 0.209. The number of para-hydroxylation sites is 2. The van der Waals surface area contributed by atoms with Crippen LogP contribution in [-0.4, -0.2) is 76.5 Å². The molecule has 49 heavy (non-hydrogen) atoms. The molecule has 11 heteroatoms. The molecular formula is C38H44N6O5. The molecule has 1 atom stereocenters. The number of rotatable bonds is 13. The van der Waals surface area contributed by atoms with Crippen LogP contribution in [0, 0.1) is 6.92 Å². The molecule has 0 aliphatic heterocycles. The normalized spacial score (nSPS) is 11.4. The number of nitrogens with zero attached hydrogens (tertiary/aromatic N) is 5. The average molecular weight is 665 g/mol. The fraction of sp³-hybridized carbons (Fsp3) is 0.263. The van der Waals surface area contributed by atoms with Gasteiger partial charge in [0.15, 0.2) is 6.61 Å². The zero-order chi connectivity index (χ0) is 35.7. The Hall–Kier alpha value is -5.68. The summed E-state index contributed by atoms with van der Waals surface area (Å²) in [5.41, 5.74) is 9.32. The molecule has 4 rings (SSSR count). The Labute approximate surface area is 288 Å². The third kappa shape index (κ3) is 9.23. The SMILES string of the molecule is Cc1ccccc1N(CC(=O)N(CC(=O)N(C)c1ccccc1)c1cccc(OCC(N)=O)c1)C(=O)N(C)c1cccc(C(C)N(C)C)c1. The predicted molar refractivity (Wildman–Crippen MR) is 194 cm³/mol. The lowest BCUT2D eigenvalue weighted by Crippen LogP contribution is -2.50. The minimum atomic E-state index is -0.656. The first-order valence-corrected chi connectivity index (χ1v) is 15.9. The van der Waals surface area contributed by atoms with Gasteiger partial charge >= 0.3 is 6.03 Å². The summed E-state index contributed by atoms with van der Waals surface area (Å²) in [4.78, 5) is 61.6. The first kappa shape index (κ1) is 36.2. The van der Waals surface area contributed by atoms with Gasteiger partial charge in [-0.3, -0.25) is 24.2 Å². The van der Waals surface area contributed by atoms with E-state index in [-0.39, 0.29) is 37.4 Å². The van der Waals surface area contributed by atoms with Gasteiger partial charge in [-0.1, -0.05) is 54.6 Å². The van der Waals surface area contributed by atoms with Crippen molar-refractivity contribution in [2.75, 3.05) is 67.5 Å². The van der Waals surface area contributed by atoms with Gasteiger partial charge in [-0.2, -0.15) is 0 Å². The lowest BCUT2D eigenvalue weighted by molar-refractivity contribution is -0.121. The van der Waals surface area contributed by atoms with E-state index in [1.54, 1.807) is 56.6 Å². The van der Waals surface area contributed by atoms with Gasteiger partial charge in [0, 0.05) is 49.0 Å². The van der Waals surface area contributed by atoms with E-state index in [1.165, 1.54) is 19.6 Å². The summed E-state index contributed by atoms with van der Waals surface area (Å²) in [6.07, 6.45) is 0. The third-order valence-corrected chi connectivity index (χ3v) is 8.35. The third-order valence-electron chi connectivity index (χ3n) is 8.35. The summed E-state index contributed by atoms with van der Waals surface area (Å²) >= 11 is 0. The van der Waals surface area contributed by atoms with Gasteiger partial charge < -0.3 is 25.2 Å². The number of aryl methyl sites for hydroxylation is 1. The second kappa shape index (κ2) is 16.4. The maximum Gasteiger partial charge on any atom is 0.329 e. The van der Waals surface area contributed by atoms with Gasteiger partial charge in [-0.05, 0) is 81.5 Å². The van der Waals surface area contributed by atoms with E-state index in [9.17, 15) is 19.2 Å². The van der Waals surface area contributed by atoms with Gasteiger partial charge in [0.2, 0.25) is 11.8 Å². The van der Waals surface area contributed by atoms with Gasteiger partial charge in [0.05, 0.1) is 0 Å². The summed E-state index contributed by atoms with van der Waals surface area (Å²) in [5, 5.41) is 0. The largest absolute Gasteiger partial charge is 0.484 e. The molecule has 0 heterocycles. The molecule has 1 unspecified atom stereocenters. The maximum atomic E-state index is 14.4. The van der Waals surface area contributed by atoms with E-state index in [0.29, 0.717) is 22.7 Å². The van der Waals surface area contributed by atoms with E-state index < -0.39 is 17.8 Å². The zero-order valence-corrected chi connectivity index (χ0v) is 28.9. The second-order valence-electron chi connectivity index (χ2n) is 12.0. The molecule has 0 bridgehead atoms. The lowest BCUT2D eigenvalue weighted by Gasteiger charge is -2.32. The summed E-state index contributed by atoms with van der Waals surface area (Å²) in [7, 11) is 7.29. The predicted octanol–water partition coefficient (Wildman–Crippen LogP) is 5.24. The molecular weight excluding hydrogens is 620 g/mol. The smallest absolute Gasteiger partial charge is 0.329 e. The van der Waals surface area contributed by atoms with E-state index in [1.807, 2.05) is 81.7 Å². The summed E-state index contributed by atoms with van der Waals surface area (Å²) in [6, 6.07) is 30.3. The first-order valence-electron chi connectivity index (χ1n) is 15.9. The molecule has 11 nitrogen and oxygen atoms in total. The number of urea groups is 1. The van der Waals surface area contributed by atoms with Crippen LogP contribution in [0.15, 0.2) is 103 Å². The number of likely N-dealkylation sites (N-methyl/N-ethyl adjacent to an activating group) is 1. The van der Waals surface area contributed by atoms with Crippen LogP contribution in [-0.2, 0) is 14.4 Å². The lowest BCUT2D eigenvalue weighted by atomic mass is 10.1. The van der Waals surface area contributed by atoms with Crippen LogP contribution in [0.3, 0.4) is 0 Å². The standard InChI is InChI=1S/C38H44N6O5/c1-27-14-10-11-21-34(27)44(38(48)42(6)31-18-12-15-29(22-31)28(2)40(3)4)25-37(47)43(24-36(46)41(5)30-16-8-7-9-17-30)32-19-13-20-33(23-32)49-26-35(39)45/h7-23,28H,24-26H2,1-6H3,(H2,39,45). The van der Waals surface area contributed by atoms with Crippen LogP contribution in [0.2, 0.25) is 0 Å². The van der Waals surface area contributed by atoms with Crippen molar-refractivity contribution in [1.82, 2.24) is 4.90 Å². The van der Waals surface area contributed by atoms with Gasteiger partial charge in [0.25, 0.3) is 5.91 Å². The summed E-state index contributed by atoms with van der Waals surface area (Å²) in [5.74, 6) is -1.24. The molecule has 0 saturated heterocycles. The number of hydrogen-bond donors (Lipinski definition) is 1. The first-order chi connectivity index (χ1) is 23.4. The number of anilines is 4. The van der Waals surface area contributed by atoms with E-state index in [0.717, 1.165) is 11.1 Å². The Bertz CT molecular complexity index is 1780. The highest BCUT2D eigenvalue weighted by Gasteiger charge is 2.29. The van der Waals surface area contributed by atoms with Crippen molar-refractivity contribution in [3.63, 3.8) is 0 Å². The fourth-order valence-corrected chi connectivity index (χ4v) is 5.18. The summed E-state index contributed by atoms with van der Waals surface area (Å²) in [6.45, 7) is 2.88. The minimum Gasteiger partial charge on any atom is -0.484 e. The van der Waals surface area contributed by atoms with E-state index >= 15 is 0 Å². The van der Waals surface area contributed by atoms with Crippen molar-refractivity contribution in [2.24, 2.45) is 5.73 Å². The number of nitrogens with two attached hydrogens (primary N) is 1. The summed E-state index contributed by atoms with van der Waals surface area (Å²) < 4.78 is 5.50. The monoisotopic (exact) mass is 664 g/mol. The van der Waals surface area contributed by atoms with Crippen LogP contribution in [0.25, 0.3) is 0 Å². The number of hydrogen-bond acceptors (Lipinski definition) is 6. The molecule has 0 aliphatic rings. The van der Waals surface area contributed by atoms with E-state index in [4.69, 9.17) is 10.5 Å². The second-order valence-corrected chi connectivity index (χ2v) is 12.0. The molecule has 4 aromatic carbocycles. The van der Waals surface area contributed by atoms with Gasteiger partial charge in [0.1, 0.15) is 18.8 Å². The van der Waals surface area contributed by atoms with Crippen LogP contribution in [0.4, 0.5) is 27.5 Å². The van der Waals surface area contributed by atoms with E-state index in [2.05, 4.69) is 11.8 Å². The van der Waals surface area contributed by atoms with Crippen molar-refractivity contribution < 1.29 is 23.9 Å². The maximum absolute atomic E-state index is 14.4. The topological polar surface area (TPSA) is 120 Å². The van der Waals surface area contributed by atoms with Crippen molar-refractivity contribution in [1.29, 1.82) is 0 Å². The zero-order valence-electron chi connectivity index (χ0n) is 28.9. The molecule has 256 valence electrons. The van der Waals surface area contributed by atoms with Gasteiger partial charge in [-0.15, -0.1) is 0 Å². The van der Waals surface area contributed by atoms with Crippen LogP contribution in [0.5, 0.6) is 5.75 Å². The highest BCUT2D eigenvalue weighted by atomic mass is 16.5. The number of primary amides is 1. The molecule has 0 radical (unpaired) electrons. The van der Waals surface area contributed by atoms with Crippen LogP contribution in [0.1, 0.15) is 24.1 Å². The van der Waals surface area contributed by atoms with Crippen LogP contribution >= 0.6 is 0 Å². The average Bonchev–Trinajstić information content (AvgIpc) is 3.11. The van der Waals surface area contributed by atoms with Crippen LogP contribution < -0.4 is 30.1 Å². The van der Waals surface area contributed by atoms with Gasteiger partial charge in [-0.25, -0.2) is 4.79 Å². The van der Waals surface area contributed by atoms with Crippen molar-refractivity contribution in [3.05, 3.63) is 114 Å². The fourth-order valence-electron chi connectivity index (χ4n) is 5.18. The Kier molecular flexibility index (Phi) is 12.1. The van der Waals surface area contributed by atoms with Crippen molar-refractivity contribution in [3.8, 4) is 5.75 Å². The number of carbonyl (C=O) groups excluding carboxylic acids is 4. The number of carbonyl (C=O) groups is 4. The Balaban J connectivity index is 1.71. The minimum absolute atomic E-state index is 0.111. The Morgan fingerprint density at radius 3 is 1.96 bits per heavy atom. The molecule has 2 N–H and O–H groups in total.